The zero-order valence-electron chi connectivity index (χ0n) is 14.2. The van der Waals surface area contributed by atoms with Crippen molar-refractivity contribution in [3.63, 3.8) is 0 Å². The molecule has 0 bridgehead atoms. The molecule has 0 aliphatic rings. The predicted molar refractivity (Wildman–Crippen MR) is 97.6 cm³/mol. The standard InChI is InChI=1S/C20H29NO/c1-7-8-13-20(14-16(2)3,15-17(4)5)21-18-9-11-19(22-6)12-10-18/h7,9-12,21H,1-2,4,8,13-15H2,3,5-6H3. The molecule has 120 valence electrons. The summed E-state index contributed by atoms with van der Waals surface area (Å²) in [7, 11) is 1.68. The second-order valence-corrected chi connectivity index (χ2v) is 6.23. The minimum Gasteiger partial charge on any atom is -0.497 e. The first kappa shape index (κ1) is 18.1. The lowest BCUT2D eigenvalue weighted by molar-refractivity contribution is 0.414. The third-order valence-corrected chi connectivity index (χ3v) is 3.61. The van der Waals surface area contributed by atoms with Gasteiger partial charge in [0, 0.05) is 11.2 Å². The van der Waals surface area contributed by atoms with E-state index in [1.54, 1.807) is 7.11 Å². The SMILES string of the molecule is C=CCCC(CC(=C)C)(CC(=C)C)Nc1ccc(OC)cc1. The molecule has 22 heavy (non-hydrogen) atoms. The number of anilines is 1. The van der Waals surface area contributed by atoms with Crippen LogP contribution in [0.5, 0.6) is 5.75 Å². The molecule has 0 radical (unpaired) electrons. The van der Waals surface area contributed by atoms with E-state index in [0.717, 1.165) is 37.1 Å². The summed E-state index contributed by atoms with van der Waals surface area (Å²) in [6.07, 6.45) is 5.77. The number of nitrogens with one attached hydrogen (secondary N) is 1. The summed E-state index contributed by atoms with van der Waals surface area (Å²) in [6.45, 7) is 16.2. The van der Waals surface area contributed by atoms with Crippen molar-refractivity contribution in [1.82, 2.24) is 0 Å². The van der Waals surface area contributed by atoms with Gasteiger partial charge in [-0.2, -0.15) is 0 Å². The first-order valence-electron chi connectivity index (χ1n) is 7.73. The van der Waals surface area contributed by atoms with Gasteiger partial charge in [-0.3, -0.25) is 0 Å². The van der Waals surface area contributed by atoms with E-state index in [4.69, 9.17) is 4.74 Å². The molecule has 1 N–H and O–H groups in total. The monoisotopic (exact) mass is 299 g/mol. The van der Waals surface area contributed by atoms with Crippen LogP contribution in [0.2, 0.25) is 0 Å². The molecule has 0 spiro atoms. The number of hydrogen-bond acceptors (Lipinski definition) is 2. The third-order valence-electron chi connectivity index (χ3n) is 3.61. The van der Waals surface area contributed by atoms with E-state index >= 15 is 0 Å². The number of hydrogen-bond donors (Lipinski definition) is 1. The minimum atomic E-state index is -0.0690. The molecular weight excluding hydrogens is 270 g/mol. The molecule has 1 rings (SSSR count). The lowest BCUT2D eigenvalue weighted by atomic mass is 9.81. The molecule has 0 aromatic heterocycles. The number of benzene rings is 1. The Kier molecular flexibility index (Phi) is 6.97. The molecule has 1 aromatic carbocycles. The molecular formula is C20H29NO. The van der Waals surface area contributed by atoms with Crippen molar-refractivity contribution in [2.24, 2.45) is 0 Å². The Labute approximate surface area is 135 Å². The molecule has 2 heteroatoms. The second-order valence-electron chi connectivity index (χ2n) is 6.23. The Morgan fingerprint density at radius 1 is 1.14 bits per heavy atom. The van der Waals surface area contributed by atoms with E-state index in [2.05, 4.69) is 51.0 Å². The molecule has 0 fully saturated rings. The van der Waals surface area contributed by atoms with Crippen LogP contribution < -0.4 is 10.1 Å². The number of allylic oxidation sites excluding steroid dienone is 1. The van der Waals surface area contributed by atoms with Crippen LogP contribution in [0.1, 0.15) is 39.5 Å². The fourth-order valence-electron chi connectivity index (χ4n) is 2.90. The summed E-state index contributed by atoms with van der Waals surface area (Å²) in [6, 6.07) is 8.06. The quantitative estimate of drug-likeness (QED) is 0.556. The van der Waals surface area contributed by atoms with Crippen molar-refractivity contribution >= 4 is 5.69 Å². The predicted octanol–water partition coefficient (Wildman–Crippen LogP) is 5.74. The van der Waals surface area contributed by atoms with E-state index in [1.165, 1.54) is 11.1 Å². The Hall–Kier alpha value is -1.96. The van der Waals surface area contributed by atoms with E-state index < -0.39 is 0 Å². The van der Waals surface area contributed by atoms with Crippen molar-refractivity contribution in [1.29, 1.82) is 0 Å². The molecule has 0 amide bonds. The summed E-state index contributed by atoms with van der Waals surface area (Å²) in [5, 5.41) is 3.72. The van der Waals surface area contributed by atoms with Gasteiger partial charge in [-0.05, 0) is 63.8 Å². The van der Waals surface area contributed by atoms with Gasteiger partial charge < -0.3 is 10.1 Å². The average molecular weight is 299 g/mol. The van der Waals surface area contributed by atoms with Crippen LogP contribution in [0.3, 0.4) is 0 Å². The maximum atomic E-state index is 5.22. The molecule has 1 aromatic rings. The number of ether oxygens (including phenoxy) is 1. The van der Waals surface area contributed by atoms with Crippen molar-refractivity contribution in [2.45, 2.75) is 45.1 Å². The van der Waals surface area contributed by atoms with Gasteiger partial charge in [-0.25, -0.2) is 0 Å². The number of methoxy groups -OCH3 is 1. The van der Waals surface area contributed by atoms with Crippen LogP contribution in [0.25, 0.3) is 0 Å². The molecule has 0 aliphatic heterocycles. The van der Waals surface area contributed by atoms with Gasteiger partial charge in [0.1, 0.15) is 5.75 Å². The van der Waals surface area contributed by atoms with Gasteiger partial charge >= 0.3 is 0 Å². The van der Waals surface area contributed by atoms with Gasteiger partial charge in [-0.15, -0.1) is 19.7 Å². The Morgan fingerprint density at radius 3 is 2.09 bits per heavy atom. The van der Waals surface area contributed by atoms with E-state index in [9.17, 15) is 0 Å². The van der Waals surface area contributed by atoms with Gasteiger partial charge in [-0.1, -0.05) is 17.2 Å². The van der Waals surface area contributed by atoms with Crippen LogP contribution in [-0.2, 0) is 0 Å². The van der Waals surface area contributed by atoms with Crippen LogP contribution in [0.4, 0.5) is 5.69 Å². The van der Waals surface area contributed by atoms with Crippen molar-refractivity contribution in [3.05, 3.63) is 61.2 Å². The molecule has 0 heterocycles. The molecule has 0 unspecified atom stereocenters. The molecule has 0 aliphatic carbocycles. The molecule has 2 nitrogen and oxygen atoms in total. The van der Waals surface area contributed by atoms with E-state index in [0.29, 0.717) is 0 Å². The van der Waals surface area contributed by atoms with Crippen LogP contribution in [-0.4, -0.2) is 12.6 Å². The first-order chi connectivity index (χ1) is 10.4. The van der Waals surface area contributed by atoms with E-state index in [-0.39, 0.29) is 5.54 Å². The summed E-state index contributed by atoms with van der Waals surface area (Å²) in [5.41, 5.74) is 3.37. The highest BCUT2D eigenvalue weighted by Gasteiger charge is 2.29. The summed E-state index contributed by atoms with van der Waals surface area (Å²) < 4.78 is 5.22. The Balaban J connectivity index is 3.05. The maximum absolute atomic E-state index is 5.22. The van der Waals surface area contributed by atoms with Gasteiger partial charge in [0.25, 0.3) is 0 Å². The zero-order valence-corrected chi connectivity index (χ0v) is 14.2. The summed E-state index contributed by atoms with van der Waals surface area (Å²) in [4.78, 5) is 0. The topological polar surface area (TPSA) is 21.3 Å². The first-order valence-corrected chi connectivity index (χ1v) is 7.73. The van der Waals surface area contributed by atoms with Crippen molar-refractivity contribution in [2.75, 3.05) is 12.4 Å². The highest BCUT2D eigenvalue weighted by atomic mass is 16.5. The summed E-state index contributed by atoms with van der Waals surface area (Å²) >= 11 is 0. The highest BCUT2D eigenvalue weighted by molar-refractivity contribution is 5.49. The second kappa shape index (κ2) is 8.47. The average Bonchev–Trinajstić information content (AvgIpc) is 2.44. The normalized spacial score (nSPS) is 10.9. The summed E-state index contributed by atoms with van der Waals surface area (Å²) in [5.74, 6) is 0.863. The van der Waals surface area contributed by atoms with Gasteiger partial charge in [0.15, 0.2) is 0 Å². The minimum absolute atomic E-state index is 0.0690. The molecule has 0 saturated heterocycles. The maximum Gasteiger partial charge on any atom is 0.119 e. The van der Waals surface area contributed by atoms with Crippen LogP contribution in [0.15, 0.2) is 61.2 Å². The highest BCUT2D eigenvalue weighted by Crippen LogP contribution is 2.33. The van der Waals surface area contributed by atoms with Gasteiger partial charge in [0.05, 0.1) is 7.11 Å². The van der Waals surface area contributed by atoms with Crippen LogP contribution >= 0.6 is 0 Å². The lowest BCUT2D eigenvalue weighted by Crippen LogP contribution is -2.38. The largest absolute Gasteiger partial charge is 0.497 e. The lowest BCUT2D eigenvalue weighted by Gasteiger charge is -2.37. The Bertz CT molecular complexity index is 497. The van der Waals surface area contributed by atoms with E-state index in [1.807, 2.05) is 18.2 Å². The third kappa shape index (κ3) is 5.80. The van der Waals surface area contributed by atoms with Crippen molar-refractivity contribution < 1.29 is 4.74 Å². The van der Waals surface area contributed by atoms with Crippen LogP contribution in [0, 0.1) is 0 Å². The van der Waals surface area contributed by atoms with Crippen molar-refractivity contribution in [3.8, 4) is 5.75 Å². The molecule has 0 saturated carbocycles. The fraction of sp³-hybridized carbons (Fsp3) is 0.400. The van der Waals surface area contributed by atoms with Gasteiger partial charge in [0.2, 0.25) is 0 Å². The smallest absolute Gasteiger partial charge is 0.119 e. The number of rotatable bonds is 10. The Morgan fingerprint density at radius 2 is 1.68 bits per heavy atom. The fourth-order valence-corrected chi connectivity index (χ4v) is 2.90. The molecule has 0 atom stereocenters. The zero-order chi connectivity index (χ0) is 16.6.